The second-order valence-corrected chi connectivity index (χ2v) is 13.8. The van der Waals surface area contributed by atoms with Crippen LogP contribution >= 0.6 is 0 Å². The Morgan fingerprint density at radius 1 is 0.694 bits per heavy atom. The number of hydrogen-bond donors (Lipinski definition) is 0. The number of halogens is 8. The van der Waals surface area contributed by atoms with Crippen LogP contribution < -0.4 is 0 Å². The molecule has 0 saturated heterocycles. The first-order valence-corrected chi connectivity index (χ1v) is 17.2. The highest BCUT2D eigenvalue weighted by Gasteiger charge is 2.36. The summed E-state index contributed by atoms with van der Waals surface area (Å²) < 4.78 is 113. The maximum atomic E-state index is 15.6. The summed E-state index contributed by atoms with van der Waals surface area (Å²) in [5.74, 6) is -0.466. The van der Waals surface area contributed by atoms with Crippen LogP contribution in [0.5, 0.6) is 0 Å². The summed E-state index contributed by atoms with van der Waals surface area (Å²) in [5.41, 5.74) is -0.636. The fourth-order valence-electron chi connectivity index (χ4n) is 8.17. The number of fused-ring (bicyclic) bond motifs is 2. The predicted molar refractivity (Wildman–Crippen MR) is 177 cm³/mol. The summed E-state index contributed by atoms with van der Waals surface area (Å²) >= 11 is 0. The zero-order chi connectivity index (χ0) is 34.9. The van der Waals surface area contributed by atoms with Gasteiger partial charge in [0.15, 0.2) is 0 Å². The molecular formula is C41H38F8. The molecule has 0 heterocycles. The van der Waals surface area contributed by atoms with E-state index >= 15 is 13.2 Å². The summed E-state index contributed by atoms with van der Waals surface area (Å²) in [5, 5.41) is -0.394. The van der Waals surface area contributed by atoms with Crippen LogP contribution in [0, 0.1) is 58.7 Å². The molecule has 2 aliphatic rings. The van der Waals surface area contributed by atoms with Crippen molar-refractivity contribution in [1.29, 1.82) is 0 Å². The molecular weight excluding hydrogens is 644 g/mol. The van der Waals surface area contributed by atoms with E-state index < -0.39 is 46.4 Å². The molecule has 0 nitrogen and oxygen atoms in total. The lowest BCUT2D eigenvalue weighted by Gasteiger charge is -2.42. The minimum absolute atomic E-state index is 0.00882. The van der Waals surface area contributed by atoms with E-state index in [1.807, 2.05) is 6.07 Å². The van der Waals surface area contributed by atoms with Crippen LogP contribution in [0.3, 0.4) is 0 Å². The predicted octanol–water partition coefficient (Wildman–Crippen LogP) is 13.1. The van der Waals surface area contributed by atoms with E-state index in [4.69, 9.17) is 0 Å². The van der Waals surface area contributed by atoms with Gasteiger partial charge < -0.3 is 0 Å². The molecule has 0 aliphatic heterocycles. The molecule has 2 fully saturated rings. The number of hydrogen-bond acceptors (Lipinski definition) is 0. The normalized spacial score (nSPS) is 20.9. The van der Waals surface area contributed by atoms with E-state index in [0.29, 0.717) is 5.92 Å². The van der Waals surface area contributed by atoms with E-state index in [1.54, 1.807) is 6.07 Å². The largest absolute Gasteiger partial charge is 0.458 e. The second-order valence-electron chi connectivity index (χ2n) is 13.8. The van der Waals surface area contributed by atoms with Gasteiger partial charge >= 0.3 is 6.18 Å². The number of unbranched alkanes of at least 4 members (excludes halogenated alkanes) is 3. The Kier molecular flexibility index (Phi) is 10.4. The van der Waals surface area contributed by atoms with Crippen molar-refractivity contribution in [3.8, 4) is 34.1 Å². The number of alkyl halides is 3. The highest BCUT2D eigenvalue weighted by Crippen LogP contribution is 2.49. The monoisotopic (exact) mass is 682 g/mol. The van der Waals surface area contributed by atoms with Crippen molar-refractivity contribution in [1.82, 2.24) is 0 Å². The molecule has 49 heavy (non-hydrogen) atoms. The summed E-state index contributed by atoms with van der Waals surface area (Å²) in [6.07, 6.45) is 8.57. The Morgan fingerprint density at radius 3 is 2.14 bits per heavy atom. The first-order valence-electron chi connectivity index (χ1n) is 17.2. The van der Waals surface area contributed by atoms with Crippen molar-refractivity contribution < 1.29 is 35.1 Å². The van der Waals surface area contributed by atoms with Gasteiger partial charge in [-0.1, -0.05) is 75.6 Å². The zero-order valence-corrected chi connectivity index (χ0v) is 27.3. The third-order valence-electron chi connectivity index (χ3n) is 10.7. The van der Waals surface area contributed by atoms with Crippen LogP contribution in [0.4, 0.5) is 35.1 Å². The minimum Gasteiger partial charge on any atom is -0.206 e. The van der Waals surface area contributed by atoms with Crippen molar-refractivity contribution in [2.45, 2.75) is 89.6 Å². The van der Waals surface area contributed by atoms with Gasteiger partial charge in [0, 0.05) is 16.9 Å². The van der Waals surface area contributed by atoms with Gasteiger partial charge in [0.05, 0.1) is 11.1 Å². The summed E-state index contributed by atoms with van der Waals surface area (Å²) in [7, 11) is 0. The van der Waals surface area contributed by atoms with Crippen molar-refractivity contribution in [3.05, 3.63) is 94.8 Å². The highest BCUT2D eigenvalue weighted by molar-refractivity contribution is 5.89. The van der Waals surface area contributed by atoms with Crippen LogP contribution in [0.15, 0.2) is 54.6 Å². The average Bonchev–Trinajstić information content (AvgIpc) is 3.05. The quantitative estimate of drug-likeness (QED) is 0.0986. The fraction of sp³-hybridized carbons (Fsp3) is 0.415. The van der Waals surface area contributed by atoms with Crippen molar-refractivity contribution >= 4 is 10.8 Å². The molecule has 4 aromatic carbocycles. The Morgan fingerprint density at radius 2 is 1.43 bits per heavy atom. The molecule has 4 aromatic rings. The average molecular weight is 683 g/mol. The van der Waals surface area contributed by atoms with Gasteiger partial charge in [-0.3, -0.25) is 0 Å². The number of benzene rings is 4. The molecule has 0 amide bonds. The summed E-state index contributed by atoms with van der Waals surface area (Å²) in [4.78, 5) is 0. The lowest BCUT2D eigenvalue weighted by atomic mass is 9.63. The van der Waals surface area contributed by atoms with Gasteiger partial charge in [-0.05, 0) is 108 Å². The lowest BCUT2D eigenvalue weighted by Crippen LogP contribution is -2.30. The lowest BCUT2D eigenvalue weighted by molar-refractivity contribution is -0.0696. The van der Waals surface area contributed by atoms with Crippen molar-refractivity contribution in [3.63, 3.8) is 0 Å². The molecule has 0 spiro atoms. The van der Waals surface area contributed by atoms with Gasteiger partial charge in [0.1, 0.15) is 29.1 Å². The molecule has 8 heteroatoms. The van der Waals surface area contributed by atoms with Gasteiger partial charge in [-0.15, -0.1) is 0 Å². The molecule has 0 bridgehead atoms. The molecule has 258 valence electrons. The molecule has 0 aromatic heterocycles. The highest BCUT2D eigenvalue weighted by atomic mass is 19.4. The Bertz CT molecular complexity index is 1870. The van der Waals surface area contributed by atoms with Crippen molar-refractivity contribution in [2.75, 3.05) is 0 Å². The third-order valence-corrected chi connectivity index (χ3v) is 10.7. The minimum atomic E-state index is -4.95. The van der Waals surface area contributed by atoms with E-state index in [9.17, 15) is 22.0 Å². The Balaban J connectivity index is 1.18. The molecule has 2 saturated carbocycles. The zero-order valence-electron chi connectivity index (χ0n) is 27.3. The maximum Gasteiger partial charge on any atom is 0.458 e. The van der Waals surface area contributed by atoms with Crippen LogP contribution in [0.25, 0.3) is 33.0 Å². The molecule has 6 rings (SSSR count). The summed E-state index contributed by atoms with van der Waals surface area (Å²) in [6.45, 7) is 2.23. The van der Waals surface area contributed by atoms with Gasteiger partial charge in [0.25, 0.3) is 0 Å². The first-order chi connectivity index (χ1) is 23.4. The van der Waals surface area contributed by atoms with Crippen LogP contribution in [-0.2, 0) is 0 Å². The van der Waals surface area contributed by atoms with Crippen LogP contribution in [0.1, 0.15) is 94.6 Å². The fourth-order valence-corrected chi connectivity index (χ4v) is 8.17. The SMILES string of the molecule is CCCCCCC1CCC2CC(c3ccc(-c4cc(F)c(-c5ccc6c(F)c(C#CC(F)(F)F)c(F)cc6c5)c(F)c4)c(F)c3)CCC2C1. The smallest absolute Gasteiger partial charge is 0.206 e. The van der Waals surface area contributed by atoms with Gasteiger partial charge in [0.2, 0.25) is 0 Å². The number of rotatable bonds is 8. The van der Waals surface area contributed by atoms with Crippen LogP contribution in [0.2, 0.25) is 0 Å². The Hall–Kier alpha value is -3.86. The van der Waals surface area contributed by atoms with Crippen LogP contribution in [-0.4, -0.2) is 6.18 Å². The van der Waals surface area contributed by atoms with Gasteiger partial charge in [-0.2, -0.15) is 13.2 Å². The summed E-state index contributed by atoms with van der Waals surface area (Å²) in [6, 6.07) is 11.1. The molecule has 0 radical (unpaired) electrons. The van der Waals surface area contributed by atoms with Gasteiger partial charge in [-0.25, -0.2) is 22.0 Å². The third kappa shape index (κ3) is 7.82. The topological polar surface area (TPSA) is 0 Å². The van der Waals surface area contributed by atoms with E-state index in [-0.39, 0.29) is 33.4 Å². The van der Waals surface area contributed by atoms with Crippen molar-refractivity contribution in [2.24, 2.45) is 17.8 Å². The molecule has 4 unspecified atom stereocenters. The first kappa shape index (κ1) is 35.0. The maximum absolute atomic E-state index is 15.6. The molecule has 2 aliphatic carbocycles. The molecule has 4 atom stereocenters. The molecule has 0 N–H and O–H groups in total. The second kappa shape index (κ2) is 14.5. The standard InChI is InChI=1S/C41H38F8/c1-2-3-4-5-6-24-7-8-26-18-27(10-9-25(26)17-24)28-11-13-32(35(42)20-28)31-22-37(44)39(38(45)23-31)29-12-14-33-30(19-29)21-36(43)34(40(33)46)15-16-41(47,48)49/h11-14,19-27H,2-10,17-18H2,1H3. The van der Waals surface area contributed by atoms with E-state index in [1.165, 1.54) is 69.4 Å². The van der Waals surface area contributed by atoms with E-state index in [2.05, 4.69) is 6.92 Å². The Labute approximate surface area is 281 Å². The van der Waals surface area contributed by atoms with E-state index in [0.717, 1.165) is 72.9 Å².